The normalized spacial score (nSPS) is 12.1. The van der Waals surface area contributed by atoms with Crippen LogP contribution in [0.4, 0.5) is 0 Å². The Morgan fingerprint density at radius 1 is 1.23 bits per heavy atom. The van der Waals surface area contributed by atoms with E-state index in [2.05, 4.69) is 66.3 Å². The van der Waals surface area contributed by atoms with Crippen molar-refractivity contribution in [2.45, 2.75) is 26.4 Å². The summed E-state index contributed by atoms with van der Waals surface area (Å²) in [6.07, 6.45) is 1.41. The monoisotopic (exact) mass is 646 g/mol. The van der Waals surface area contributed by atoms with Crippen molar-refractivity contribution >= 4 is 60.4 Å². The molecule has 2 aromatic rings. The average Bonchev–Trinajstić information content (AvgIpc) is 2.67. The number of allylic oxidation sites excluding steroid dienone is 1. The second-order valence-electron chi connectivity index (χ2n) is 6.36. The van der Waals surface area contributed by atoms with Gasteiger partial charge in [0.25, 0.3) is 0 Å². The molecule has 1 N–H and O–H groups in total. The van der Waals surface area contributed by atoms with Crippen LogP contribution in [0.3, 0.4) is 0 Å². The van der Waals surface area contributed by atoms with Crippen LogP contribution in [0.1, 0.15) is 25.0 Å². The molecule has 0 saturated carbocycles. The van der Waals surface area contributed by atoms with Crippen LogP contribution in [0.25, 0.3) is 0 Å². The molecule has 0 aliphatic heterocycles. The van der Waals surface area contributed by atoms with Crippen molar-refractivity contribution in [3.63, 3.8) is 0 Å². The maximum absolute atomic E-state index is 11.3. The number of ether oxygens (including phenoxy) is 2. The van der Waals surface area contributed by atoms with Crippen LogP contribution in [0.5, 0.6) is 5.75 Å². The third-order valence-corrected chi connectivity index (χ3v) is 5.71. The van der Waals surface area contributed by atoms with E-state index in [4.69, 9.17) is 9.47 Å². The SMILES string of the molecule is CCO[C@@H](Cc1ccc(OC/C=C(\C)C#Cc2cc(Br)cc(Br)c2)c(I)c1)C(=O)O. The quantitative estimate of drug-likeness (QED) is 0.273. The lowest BCUT2D eigenvalue weighted by molar-refractivity contribution is -0.149. The number of carboxylic acids is 1. The molecule has 1 atom stereocenters. The number of halogens is 3. The highest BCUT2D eigenvalue weighted by molar-refractivity contribution is 14.1. The van der Waals surface area contributed by atoms with Crippen molar-refractivity contribution in [3.05, 3.63) is 71.7 Å². The van der Waals surface area contributed by atoms with E-state index in [0.29, 0.717) is 19.6 Å². The summed E-state index contributed by atoms with van der Waals surface area (Å²) in [5, 5.41) is 9.23. The van der Waals surface area contributed by atoms with Crippen LogP contribution in [-0.2, 0) is 16.0 Å². The summed E-state index contributed by atoms with van der Waals surface area (Å²) in [4.78, 5) is 11.3. The van der Waals surface area contributed by atoms with Gasteiger partial charge in [0, 0.05) is 27.5 Å². The molecular weight excluding hydrogens is 627 g/mol. The van der Waals surface area contributed by atoms with Crippen molar-refractivity contribution < 1.29 is 19.4 Å². The molecule has 0 aromatic heterocycles. The van der Waals surface area contributed by atoms with Crippen LogP contribution in [0.15, 0.2) is 57.0 Å². The largest absolute Gasteiger partial charge is 0.488 e. The lowest BCUT2D eigenvalue weighted by atomic mass is 10.1. The highest BCUT2D eigenvalue weighted by atomic mass is 127. The Hall–Kier alpha value is -1.34. The zero-order chi connectivity index (χ0) is 22.1. The molecule has 30 heavy (non-hydrogen) atoms. The Morgan fingerprint density at radius 3 is 2.53 bits per heavy atom. The number of aliphatic carboxylic acids is 1. The van der Waals surface area contributed by atoms with Gasteiger partial charge in [-0.15, -0.1) is 0 Å². The Balaban J connectivity index is 1.97. The van der Waals surface area contributed by atoms with E-state index >= 15 is 0 Å². The Labute approximate surface area is 207 Å². The van der Waals surface area contributed by atoms with Gasteiger partial charge in [0.15, 0.2) is 6.10 Å². The summed E-state index contributed by atoms with van der Waals surface area (Å²) in [5.41, 5.74) is 2.73. The van der Waals surface area contributed by atoms with Crippen molar-refractivity contribution in [3.8, 4) is 17.6 Å². The summed E-state index contributed by atoms with van der Waals surface area (Å²) in [6.45, 7) is 4.49. The maximum Gasteiger partial charge on any atom is 0.333 e. The smallest absolute Gasteiger partial charge is 0.333 e. The molecule has 0 heterocycles. The van der Waals surface area contributed by atoms with E-state index < -0.39 is 12.1 Å². The fourth-order valence-electron chi connectivity index (χ4n) is 2.53. The molecule has 158 valence electrons. The molecule has 0 unspecified atom stereocenters. The second-order valence-corrected chi connectivity index (χ2v) is 9.35. The minimum atomic E-state index is -0.955. The van der Waals surface area contributed by atoms with Crippen LogP contribution < -0.4 is 4.74 Å². The summed E-state index contributed by atoms with van der Waals surface area (Å²) >= 11 is 9.10. The second kappa shape index (κ2) is 12.5. The Bertz CT molecular complexity index is 972. The summed E-state index contributed by atoms with van der Waals surface area (Å²) in [6, 6.07) is 11.5. The minimum Gasteiger partial charge on any atom is -0.488 e. The predicted octanol–water partition coefficient (Wildman–Crippen LogP) is 6.23. The van der Waals surface area contributed by atoms with Crippen LogP contribution in [-0.4, -0.2) is 30.4 Å². The van der Waals surface area contributed by atoms with Gasteiger partial charge < -0.3 is 14.6 Å². The zero-order valence-electron chi connectivity index (χ0n) is 16.5. The van der Waals surface area contributed by atoms with E-state index in [0.717, 1.165) is 35.0 Å². The Kier molecular flexibility index (Phi) is 10.4. The first kappa shape index (κ1) is 24.9. The lowest BCUT2D eigenvalue weighted by Gasteiger charge is -2.13. The third-order valence-electron chi connectivity index (χ3n) is 3.96. The van der Waals surface area contributed by atoms with E-state index in [1.54, 1.807) is 6.92 Å². The molecule has 4 nitrogen and oxygen atoms in total. The first-order chi connectivity index (χ1) is 14.3. The fraction of sp³-hybridized carbons (Fsp3) is 0.261. The molecule has 0 aliphatic carbocycles. The highest BCUT2D eigenvalue weighted by Crippen LogP contribution is 2.23. The fourth-order valence-corrected chi connectivity index (χ4v) is 4.55. The molecule has 0 fully saturated rings. The number of hydrogen-bond donors (Lipinski definition) is 1. The number of carboxylic acid groups (broad SMARTS) is 1. The van der Waals surface area contributed by atoms with Crippen molar-refractivity contribution in [2.75, 3.05) is 13.2 Å². The van der Waals surface area contributed by atoms with Gasteiger partial charge in [-0.05, 0) is 84.0 Å². The van der Waals surface area contributed by atoms with Gasteiger partial charge in [-0.2, -0.15) is 0 Å². The molecule has 2 rings (SSSR count). The topological polar surface area (TPSA) is 55.8 Å². The molecule has 7 heteroatoms. The summed E-state index contributed by atoms with van der Waals surface area (Å²) in [5.74, 6) is 6.05. The minimum absolute atomic E-state index is 0.319. The first-order valence-electron chi connectivity index (χ1n) is 9.19. The maximum atomic E-state index is 11.3. The van der Waals surface area contributed by atoms with E-state index in [-0.39, 0.29) is 0 Å². The molecule has 0 bridgehead atoms. The van der Waals surface area contributed by atoms with Gasteiger partial charge in [-0.1, -0.05) is 49.8 Å². The van der Waals surface area contributed by atoms with Crippen LogP contribution in [0.2, 0.25) is 0 Å². The van der Waals surface area contributed by atoms with Gasteiger partial charge in [0.1, 0.15) is 12.4 Å². The number of hydrogen-bond acceptors (Lipinski definition) is 3. The first-order valence-corrected chi connectivity index (χ1v) is 11.9. The van der Waals surface area contributed by atoms with Gasteiger partial charge in [0.05, 0.1) is 3.57 Å². The standard InChI is InChI=1S/C23H21Br2IO4/c1-3-29-22(23(27)28)13-17-6-7-21(20(26)12-17)30-9-8-15(2)4-5-16-10-18(24)14-19(25)11-16/h6-8,10-12,14,22H,3,9,13H2,1-2H3,(H,27,28)/b15-8+/t22-/m0/s1. The molecule has 0 aliphatic rings. The lowest BCUT2D eigenvalue weighted by Crippen LogP contribution is -2.26. The van der Waals surface area contributed by atoms with Crippen LogP contribution in [0, 0.1) is 15.4 Å². The third kappa shape index (κ3) is 8.42. The van der Waals surface area contributed by atoms with Crippen molar-refractivity contribution in [2.24, 2.45) is 0 Å². The number of carbonyl (C=O) groups is 1. The molecule has 0 spiro atoms. The summed E-state index contributed by atoms with van der Waals surface area (Å²) < 4.78 is 14.0. The number of benzene rings is 2. The van der Waals surface area contributed by atoms with Gasteiger partial charge in [0.2, 0.25) is 0 Å². The predicted molar refractivity (Wildman–Crippen MR) is 134 cm³/mol. The van der Waals surface area contributed by atoms with Gasteiger partial charge in [-0.25, -0.2) is 4.79 Å². The highest BCUT2D eigenvalue weighted by Gasteiger charge is 2.18. The summed E-state index contributed by atoms with van der Waals surface area (Å²) in [7, 11) is 0. The Morgan fingerprint density at radius 2 is 1.93 bits per heavy atom. The van der Waals surface area contributed by atoms with Crippen LogP contribution >= 0.6 is 54.5 Å². The zero-order valence-corrected chi connectivity index (χ0v) is 21.9. The molecule has 0 saturated heterocycles. The average molecular weight is 648 g/mol. The van der Waals surface area contributed by atoms with Crippen molar-refractivity contribution in [1.29, 1.82) is 0 Å². The van der Waals surface area contributed by atoms with E-state index in [9.17, 15) is 9.90 Å². The molecule has 2 aromatic carbocycles. The molecule has 0 amide bonds. The number of rotatable bonds is 8. The van der Waals surface area contributed by atoms with Gasteiger partial charge in [-0.3, -0.25) is 0 Å². The molecule has 0 radical (unpaired) electrons. The van der Waals surface area contributed by atoms with Crippen molar-refractivity contribution in [1.82, 2.24) is 0 Å². The van der Waals surface area contributed by atoms with E-state index in [1.807, 2.05) is 49.4 Å². The van der Waals surface area contributed by atoms with E-state index in [1.165, 1.54) is 0 Å². The van der Waals surface area contributed by atoms with Gasteiger partial charge >= 0.3 is 5.97 Å². The molecular formula is C23H21Br2IO4.